The fraction of sp³-hybridized carbons (Fsp3) is 0.500. The van der Waals surface area contributed by atoms with E-state index in [1.807, 2.05) is 13.0 Å². The van der Waals surface area contributed by atoms with Crippen LogP contribution in [-0.4, -0.2) is 26.5 Å². The van der Waals surface area contributed by atoms with Crippen molar-refractivity contribution in [3.05, 3.63) is 29.7 Å². The van der Waals surface area contributed by atoms with Crippen molar-refractivity contribution in [1.29, 1.82) is 0 Å². The summed E-state index contributed by atoms with van der Waals surface area (Å²) < 4.78 is 1.62. The minimum absolute atomic E-state index is 0.0533. The van der Waals surface area contributed by atoms with Crippen molar-refractivity contribution in [3.63, 3.8) is 0 Å². The molecule has 2 heterocycles. The minimum atomic E-state index is -0.0533. The molecule has 100 valence electrons. The summed E-state index contributed by atoms with van der Waals surface area (Å²) in [5.74, 6) is -0.0533. The predicted octanol–water partition coefficient (Wildman–Crippen LogP) is 2.10. The summed E-state index contributed by atoms with van der Waals surface area (Å²) >= 11 is 0. The highest BCUT2D eigenvalue weighted by molar-refractivity contribution is 5.93. The van der Waals surface area contributed by atoms with E-state index in [1.54, 1.807) is 16.8 Å². The van der Waals surface area contributed by atoms with Gasteiger partial charge in [0.1, 0.15) is 5.69 Å². The number of aryl methyl sites for hydroxylation is 1. The van der Waals surface area contributed by atoms with Crippen molar-refractivity contribution in [2.45, 2.75) is 45.1 Å². The van der Waals surface area contributed by atoms with E-state index in [0.717, 1.165) is 18.5 Å². The number of nitrogens with zero attached hydrogens (tertiary/aromatic N) is 3. The van der Waals surface area contributed by atoms with E-state index in [9.17, 15) is 4.79 Å². The number of hydrogen-bond donors (Lipinski definition) is 1. The molecule has 1 fully saturated rings. The average Bonchev–Trinajstić information content (AvgIpc) is 2.79. The molecule has 1 aliphatic carbocycles. The van der Waals surface area contributed by atoms with Gasteiger partial charge in [-0.2, -0.15) is 5.10 Å². The number of carbonyl (C=O) groups excluding carboxylic acids is 1. The highest BCUT2D eigenvalue weighted by Gasteiger charge is 2.18. The first-order valence-electron chi connectivity index (χ1n) is 6.86. The molecule has 0 spiro atoms. The van der Waals surface area contributed by atoms with E-state index in [4.69, 9.17) is 0 Å². The fourth-order valence-electron chi connectivity index (χ4n) is 2.69. The first-order valence-corrected chi connectivity index (χ1v) is 6.86. The van der Waals surface area contributed by atoms with E-state index in [0.29, 0.717) is 17.4 Å². The second-order valence-corrected chi connectivity index (χ2v) is 5.19. The lowest BCUT2D eigenvalue weighted by Gasteiger charge is -2.22. The molecule has 2 aromatic rings. The molecule has 5 nitrogen and oxygen atoms in total. The standard InChI is InChI=1S/C14H18N4O/c1-10-9-13-15-8-7-12(18(13)17-10)14(19)16-11-5-3-2-4-6-11/h7-9,11H,2-6H2,1H3,(H,16,19). The molecule has 1 amide bonds. The zero-order valence-corrected chi connectivity index (χ0v) is 11.1. The lowest BCUT2D eigenvalue weighted by Crippen LogP contribution is -2.37. The third-order valence-corrected chi connectivity index (χ3v) is 3.65. The average molecular weight is 258 g/mol. The van der Waals surface area contributed by atoms with Crippen LogP contribution in [0.25, 0.3) is 5.65 Å². The SMILES string of the molecule is Cc1cc2nccc(C(=O)NC3CCCCC3)n2n1. The predicted molar refractivity (Wildman–Crippen MR) is 72.1 cm³/mol. The second-order valence-electron chi connectivity index (χ2n) is 5.19. The Bertz CT molecular complexity index is 599. The van der Waals surface area contributed by atoms with Crippen LogP contribution in [0.1, 0.15) is 48.3 Å². The van der Waals surface area contributed by atoms with Crippen LogP contribution < -0.4 is 5.32 Å². The Morgan fingerprint density at radius 2 is 2.16 bits per heavy atom. The zero-order chi connectivity index (χ0) is 13.2. The number of carbonyl (C=O) groups is 1. The van der Waals surface area contributed by atoms with Gasteiger partial charge in [0, 0.05) is 18.3 Å². The van der Waals surface area contributed by atoms with E-state index in [1.165, 1.54) is 19.3 Å². The first kappa shape index (κ1) is 12.1. The fourth-order valence-corrected chi connectivity index (χ4v) is 2.69. The monoisotopic (exact) mass is 258 g/mol. The van der Waals surface area contributed by atoms with Gasteiger partial charge in [-0.3, -0.25) is 4.79 Å². The summed E-state index contributed by atoms with van der Waals surface area (Å²) in [7, 11) is 0. The van der Waals surface area contributed by atoms with Crippen LogP contribution in [0.3, 0.4) is 0 Å². The highest BCUT2D eigenvalue weighted by atomic mass is 16.2. The van der Waals surface area contributed by atoms with E-state index < -0.39 is 0 Å². The van der Waals surface area contributed by atoms with Crippen LogP contribution in [0, 0.1) is 6.92 Å². The topological polar surface area (TPSA) is 59.3 Å². The number of nitrogens with one attached hydrogen (secondary N) is 1. The Balaban J connectivity index is 1.84. The number of hydrogen-bond acceptors (Lipinski definition) is 3. The van der Waals surface area contributed by atoms with Crippen molar-refractivity contribution in [1.82, 2.24) is 19.9 Å². The lowest BCUT2D eigenvalue weighted by molar-refractivity contribution is 0.0920. The molecule has 0 atom stereocenters. The molecule has 0 saturated heterocycles. The molecule has 3 rings (SSSR count). The summed E-state index contributed by atoms with van der Waals surface area (Å²) in [4.78, 5) is 16.5. The summed E-state index contributed by atoms with van der Waals surface area (Å²) in [5.41, 5.74) is 2.14. The second kappa shape index (κ2) is 4.99. The van der Waals surface area contributed by atoms with Gasteiger partial charge in [0.05, 0.1) is 5.69 Å². The number of rotatable bonds is 2. The van der Waals surface area contributed by atoms with Crippen molar-refractivity contribution in [2.75, 3.05) is 0 Å². The third kappa shape index (κ3) is 2.45. The minimum Gasteiger partial charge on any atom is -0.348 e. The normalized spacial score (nSPS) is 16.7. The van der Waals surface area contributed by atoms with Crippen LogP contribution >= 0.6 is 0 Å². The smallest absolute Gasteiger partial charge is 0.270 e. The Kier molecular flexibility index (Phi) is 3.19. The Labute approximate surface area is 112 Å². The first-order chi connectivity index (χ1) is 9.24. The van der Waals surface area contributed by atoms with Crippen molar-refractivity contribution in [3.8, 4) is 0 Å². The third-order valence-electron chi connectivity index (χ3n) is 3.65. The lowest BCUT2D eigenvalue weighted by atomic mass is 9.95. The maximum atomic E-state index is 12.3. The van der Waals surface area contributed by atoms with Gasteiger partial charge in [0.25, 0.3) is 5.91 Å². The number of amides is 1. The molecular weight excluding hydrogens is 240 g/mol. The van der Waals surface area contributed by atoms with Crippen LogP contribution in [0.15, 0.2) is 18.3 Å². The summed E-state index contributed by atoms with van der Waals surface area (Å²) in [6, 6.07) is 3.90. The molecule has 1 saturated carbocycles. The van der Waals surface area contributed by atoms with E-state index in [2.05, 4.69) is 15.4 Å². The molecule has 0 radical (unpaired) electrons. The molecule has 0 unspecified atom stereocenters. The highest BCUT2D eigenvalue weighted by Crippen LogP contribution is 2.18. The molecule has 5 heteroatoms. The van der Waals surface area contributed by atoms with Gasteiger partial charge < -0.3 is 5.32 Å². The largest absolute Gasteiger partial charge is 0.348 e. The quantitative estimate of drug-likeness (QED) is 0.897. The van der Waals surface area contributed by atoms with Crippen LogP contribution in [0.2, 0.25) is 0 Å². The van der Waals surface area contributed by atoms with E-state index in [-0.39, 0.29) is 5.91 Å². The molecule has 0 aromatic carbocycles. The van der Waals surface area contributed by atoms with Gasteiger partial charge >= 0.3 is 0 Å². The summed E-state index contributed by atoms with van der Waals surface area (Å²) in [6.07, 6.45) is 7.52. The van der Waals surface area contributed by atoms with Crippen LogP contribution in [0.4, 0.5) is 0 Å². The maximum absolute atomic E-state index is 12.3. The molecule has 1 N–H and O–H groups in total. The molecular formula is C14H18N4O. The van der Waals surface area contributed by atoms with Crippen molar-refractivity contribution >= 4 is 11.6 Å². The summed E-state index contributed by atoms with van der Waals surface area (Å²) in [5, 5.41) is 7.43. The van der Waals surface area contributed by atoms with Gasteiger partial charge in [-0.1, -0.05) is 19.3 Å². The molecule has 0 aliphatic heterocycles. The Hall–Kier alpha value is -1.91. The van der Waals surface area contributed by atoms with Gasteiger partial charge in [-0.15, -0.1) is 0 Å². The molecule has 1 aliphatic rings. The molecule has 19 heavy (non-hydrogen) atoms. The van der Waals surface area contributed by atoms with E-state index >= 15 is 0 Å². The molecule has 0 bridgehead atoms. The number of fused-ring (bicyclic) bond motifs is 1. The van der Waals surface area contributed by atoms with Crippen molar-refractivity contribution in [2.24, 2.45) is 0 Å². The van der Waals surface area contributed by atoms with Crippen LogP contribution in [0.5, 0.6) is 0 Å². The maximum Gasteiger partial charge on any atom is 0.270 e. The van der Waals surface area contributed by atoms with Gasteiger partial charge in [0.2, 0.25) is 0 Å². The van der Waals surface area contributed by atoms with Gasteiger partial charge in [-0.05, 0) is 25.8 Å². The number of aromatic nitrogens is 3. The Morgan fingerprint density at radius 1 is 1.37 bits per heavy atom. The van der Waals surface area contributed by atoms with Crippen LogP contribution in [-0.2, 0) is 0 Å². The molecule has 2 aromatic heterocycles. The Morgan fingerprint density at radius 3 is 2.95 bits per heavy atom. The van der Waals surface area contributed by atoms with Crippen molar-refractivity contribution < 1.29 is 4.79 Å². The zero-order valence-electron chi connectivity index (χ0n) is 11.1. The van der Waals surface area contributed by atoms with Gasteiger partial charge in [-0.25, -0.2) is 9.50 Å². The summed E-state index contributed by atoms with van der Waals surface area (Å²) in [6.45, 7) is 1.90. The van der Waals surface area contributed by atoms with Gasteiger partial charge in [0.15, 0.2) is 5.65 Å².